The Balaban J connectivity index is 1.74. The van der Waals surface area contributed by atoms with Gasteiger partial charge in [-0.25, -0.2) is 4.79 Å². The molecule has 11 heteroatoms. The molecule has 1 aliphatic rings. The van der Waals surface area contributed by atoms with Gasteiger partial charge in [0.25, 0.3) is 0 Å². The number of likely N-dealkylation sites (tertiary alicyclic amines) is 1. The molecule has 0 radical (unpaired) electrons. The summed E-state index contributed by atoms with van der Waals surface area (Å²) in [6, 6.07) is 3.12. The zero-order chi connectivity index (χ0) is 23.1. The van der Waals surface area contributed by atoms with E-state index < -0.39 is 17.5 Å². The van der Waals surface area contributed by atoms with Crippen molar-refractivity contribution in [3.8, 4) is 5.69 Å². The molecular weight excluding hydrogens is 430 g/mol. The van der Waals surface area contributed by atoms with E-state index >= 15 is 0 Å². The number of carbonyl (C=O) groups is 3. The average molecular weight is 460 g/mol. The molecule has 10 nitrogen and oxygen atoms in total. The largest absolute Gasteiger partial charge is 0.335 e. The van der Waals surface area contributed by atoms with Gasteiger partial charge in [0.15, 0.2) is 11.0 Å². The lowest BCUT2D eigenvalue weighted by molar-refractivity contribution is -0.131. The van der Waals surface area contributed by atoms with Gasteiger partial charge in [-0.3, -0.25) is 24.5 Å². The molecule has 0 atom stereocenters. The molecule has 0 saturated carbocycles. The lowest BCUT2D eigenvalue weighted by Gasteiger charge is -2.20. The Kier molecular flexibility index (Phi) is 7.84. The summed E-state index contributed by atoms with van der Waals surface area (Å²) in [7, 11) is 0. The zero-order valence-corrected chi connectivity index (χ0v) is 19.4. The summed E-state index contributed by atoms with van der Waals surface area (Å²) < 4.78 is 1.80. The minimum absolute atomic E-state index is 0.0153. The molecule has 2 aromatic heterocycles. The number of carbonyl (C=O) groups excluding carboxylic acids is 3. The third-order valence-corrected chi connectivity index (χ3v) is 5.61. The Morgan fingerprint density at radius 3 is 2.72 bits per heavy atom. The van der Waals surface area contributed by atoms with Crippen LogP contribution in [0.15, 0.2) is 29.7 Å². The highest BCUT2D eigenvalue weighted by Crippen LogP contribution is 2.23. The highest BCUT2D eigenvalue weighted by Gasteiger charge is 2.23. The molecule has 0 spiro atoms. The molecule has 0 aromatic carbocycles. The fraction of sp³-hybridized carbons (Fsp3) is 0.524. The Bertz CT molecular complexity index is 956. The van der Waals surface area contributed by atoms with Gasteiger partial charge in [-0.2, -0.15) is 0 Å². The van der Waals surface area contributed by atoms with E-state index in [0.29, 0.717) is 30.5 Å². The number of hydrogen-bond acceptors (Lipinski definition) is 7. The average Bonchev–Trinajstić information content (AvgIpc) is 3.01. The molecule has 1 aliphatic heterocycles. The van der Waals surface area contributed by atoms with E-state index in [-0.39, 0.29) is 11.7 Å². The van der Waals surface area contributed by atoms with Gasteiger partial charge >= 0.3 is 6.03 Å². The SMILES string of the molecule is CC(C)(C)NC(=O)NC(=O)CSc1nnc(CN2CCCCCC2=O)n1-c1cccnc1. The molecule has 172 valence electrons. The van der Waals surface area contributed by atoms with Crippen LogP contribution >= 0.6 is 11.8 Å². The Labute approximate surface area is 191 Å². The second-order valence-corrected chi connectivity index (χ2v) is 9.55. The van der Waals surface area contributed by atoms with Crippen molar-refractivity contribution in [2.45, 2.75) is 63.7 Å². The van der Waals surface area contributed by atoms with Crippen LogP contribution in [0.5, 0.6) is 0 Å². The first-order valence-corrected chi connectivity index (χ1v) is 11.6. The van der Waals surface area contributed by atoms with Crippen LogP contribution in [0.2, 0.25) is 0 Å². The molecule has 1 fully saturated rings. The van der Waals surface area contributed by atoms with E-state index in [1.54, 1.807) is 23.0 Å². The summed E-state index contributed by atoms with van der Waals surface area (Å²) in [4.78, 5) is 42.6. The third kappa shape index (κ3) is 6.78. The van der Waals surface area contributed by atoms with E-state index in [2.05, 4.69) is 25.8 Å². The highest BCUT2D eigenvalue weighted by molar-refractivity contribution is 7.99. The number of thioether (sulfide) groups is 1. The Hall–Kier alpha value is -2.95. The van der Waals surface area contributed by atoms with Crippen molar-refractivity contribution >= 4 is 29.6 Å². The van der Waals surface area contributed by atoms with Crippen LogP contribution in [0.4, 0.5) is 4.79 Å². The second-order valence-electron chi connectivity index (χ2n) is 8.61. The minimum atomic E-state index is -0.544. The summed E-state index contributed by atoms with van der Waals surface area (Å²) in [6.07, 6.45) is 6.79. The van der Waals surface area contributed by atoms with Gasteiger partial charge in [-0.05, 0) is 45.7 Å². The van der Waals surface area contributed by atoms with Gasteiger partial charge < -0.3 is 10.2 Å². The summed E-state index contributed by atoms with van der Waals surface area (Å²) in [5.41, 5.74) is 0.292. The van der Waals surface area contributed by atoms with Crippen LogP contribution in [0.25, 0.3) is 5.69 Å². The number of nitrogens with one attached hydrogen (secondary N) is 2. The molecule has 0 bridgehead atoms. The zero-order valence-electron chi connectivity index (χ0n) is 18.6. The van der Waals surface area contributed by atoms with E-state index in [1.165, 1.54) is 0 Å². The van der Waals surface area contributed by atoms with Crippen molar-refractivity contribution in [2.75, 3.05) is 12.3 Å². The number of aromatic nitrogens is 4. The normalized spacial score (nSPS) is 14.7. The second kappa shape index (κ2) is 10.6. The van der Waals surface area contributed by atoms with Crippen molar-refractivity contribution < 1.29 is 14.4 Å². The van der Waals surface area contributed by atoms with Crippen LogP contribution < -0.4 is 10.6 Å². The van der Waals surface area contributed by atoms with Crippen LogP contribution in [-0.2, 0) is 16.1 Å². The highest BCUT2D eigenvalue weighted by atomic mass is 32.2. The Morgan fingerprint density at radius 2 is 2.00 bits per heavy atom. The van der Waals surface area contributed by atoms with Gasteiger partial charge in [-0.15, -0.1) is 10.2 Å². The van der Waals surface area contributed by atoms with Crippen molar-refractivity contribution in [2.24, 2.45) is 0 Å². The standard InChI is InChI=1S/C21H29N7O3S/c1-21(2,3)24-19(31)23-17(29)14-32-20-26-25-16(28(20)15-8-7-10-22-12-15)13-27-11-6-4-5-9-18(27)30/h7-8,10,12H,4-6,9,11,13-14H2,1-3H3,(H2,23,24,29,31). The number of hydrogen-bond donors (Lipinski definition) is 2. The fourth-order valence-corrected chi connectivity index (χ4v) is 4.05. The lowest BCUT2D eigenvalue weighted by atomic mass is 10.1. The monoisotopic (exact) mass is 459 g/mol. The summed E-state index contributed by atoms with van der Waals surface area (Å²) in [5, 5.41) is 14.0. The fourth-order valence-electron chi connectivity index (χ4n) is 3.28. The molecule has 0 aliphatic carbocycles. The van der Waals surface area contributed by atoms with Crippen LogP contribution in [0, 0.1) is 0 Å². The van der Waals surface area contributed by atoms with E-state index in [1.807, 2.05) is 31.7 Å². The van der Waals surface area contributed by atoms with Crippen molar-refractivity contribution in [3.63, 3.8) is 0 Å². The number of imide groups is 1. The molecule has 3 heterocycles. The molecule has 1 saturated heterocycles. The number of rotatable bonds is 6. The topological polar surface area (TPSA) is 122 Å². The number of pyridine rings is 1. The first-order chi connectivity index (χ1) is 15.2. The van der Waals surface area contributed by atoms with E-state index in [9.17, 15) is 14.4 Å². The number of amides is 4. The molecule has 2 aromatic rings. The third-order valence-electron chi connectivity index (χ3n) is 4.68. The molecule has 0 unspecified atom stereocenters. The predicted octanol–water partition coefficient (Wildman–Crippen LogP) is 2.28. The first-order valence-electron chi connectivity index (χ1n) is 10.6. The molecular formula is C21H29N7O3S. The maximum absolute atomic E-state index is 12.5. The predicted molar refractivity (Wildman–Crippen MR) is 120 cm³/mol. The van der Waals surface area contributed by atoms with Crippen molar-refractivity contribution in [1.29, 1.82) is 0 Å². The lowest BCUT2D eigenvalue weighted by Crippen LogP contribution is -2.48. The van der Waals surface area contributed by atoms with Gasteiger partial charge in [-0.1, -0.05) is 18.2 Å². The van der Waals surface area contributed by atoms with E-state index in [4.69, 9.17) is 0 Å². The van der Waals surface area contributed by atoms with Crippen LogP contribution in [0.1, 0.15) is 52.3 Å². The van der Waals surface area contributed by atoms with Crippen molar-refractivity contribution in [1.82, 2.24) is 35.3 Å². The van der Waals surface area contributed by atoms with Crippen LogP contribution in [-0.4, -0.2) is 60.3 Å². The summed E-state index contributed by atoms with van der Waals surface area (Å²) in [5.74, 6) is 0.253. The van der Waals surface area contributed by atoms with E-state index in [0.717, 1.165) is 36.7 Å². The number of nitrogens with zero attached hydrogens (tertiary/aromatic N) is 5. The van der Waals surface area contributed by atoms with Gasteiger partial charge in [0.05, 0.1) is 24.2 Å². The van der Waals surface area contributed by atoms with Crippen molar-refractivity contribution in [3.05, 3.63) is 30.4 Å². The quantitative estimate of drug-likeness (QED) is 0.636. The first kappa shape index (κ1) is 23.7. The van der Waals surface area contributed by atoms with Crippen LogP contribution in [0.3, 0.4) is 0 Å². The maximum Gasteiger partial charge on any atom is 0.321 e. The maximum atomic E-state index is 12.5. The smallest absolute Gasteiger partial charge is 0.321 e. The summed E-state index contributed by atoms with van der Waals surface area (Å²) in [6.45, 7) is 6.52. The Morgan fingerprint density at radius 1 is 1.19 bits per heavy atom. The van der Waals surface area contributed by atoms with Gasteiger partial charge in [0, 0.05) is 24.7 Å². The summed E-state index contributed by atoms with van der Waals surface area (Å²) >= 11 is 1.16. The molecule has 2 N–H and O–H groups in total. The minimum Gasteiger partial charge on any atom is -0.335 e. The molecule has 4 amide bonds. The molecule has 3 rings (SSSR count). The number of urea groups is 1. The van der Waals surface area contributed by atoms with Gasteiger partial charge in [0.2, 0.25) is 11.8 Å². The molecule has 32 heavy (non-hydrogen) atoms. The van der Waals surface area contributed by atoms with Gasteiger partial charge in [0.1, 0.15) is 0 Å².